The molecular weight excluding hydrogens is 291 g/mol. The largest absolute Gasteiger partial charge is 0.481 e. The molecule has 0 saturated carbocycles. The number of carbonyl (C=O) groups is 2. The van der Waals surface area contributed by atoms with E-state index in [2.05, 4.69) is 10.3 Å². The van der Waals surface area contributed by atoms with E-state index in [0.717, 1.165) is 23.2 Å². The van der Waals surface area contributed by atoms with Gasteiger partial charge in [-0.1, -0.05) is 6.92 Å². The Morgan fingerprint density at radius 3 is 2.48 bits per heavy atom. The lowest BCUT2D eigenvalue weighted by Crippen LogP contribution is -2.36. The molecule has 0 radical (unpaired) electrons. The highest BCUT2D eigenvalue weighted by atomic mass is 19.4. The van der Waals surface area contributed by atoms with Gasteiger partial charge in [0, 0.05) is 13.6 Å². The molecule has 0 bridgehead atoms. The molecular formula is C12H14F3N3O3. The van der Waals surface area contributed by atoms with Gasteiger partial charge in [-0.05, 0) is 12.1 Å². The zero-order valence-electron chi connectivity index (χ0n) is 11.3. The fraction of sp³-hybridized carbons (Fsp3) is 0.417. The molecule has 0 fully saturated rings. The Hall–Kier alpha value is -2.32. The fourth-order valence-corrected chi connectivity index (χ4v) is 1.43. The molecule has 2 N–H and O–H groups in total. The molecule has 6 nitrogen and oxygen atoms in total. The first-order valence-corrected chi connectivity index (χ1v) is 5.89. The number of anilines is 1. The Morgan fingerprint density at radius 1 is 1.43 bits per heavy atom. The molecule has 1 rings (SSSR count). The number of pyridine rings is 1. The molecule has 21 heavy (non-hydrogen) atoms. The van der Waals surface area contributed by atoms with Crippen molar-refractivity contribution in [1.82, 2.24) is 9.88 Å². The average molecular weight is 305 g/mol. The van der Waals surface area contributed by atoms with Crippen molar-refractivity contribution in [3.8, 4) is 0 Å². The van der Waals surface area contributed by atoms with Crippen molar-refractivity contribution in [3.63, 3.8) is 0 Å². The Bertz CT molecular complexity index is 517. The predicted molar refractivity (Wildman–Crippen MR) is 67.7 cm³/mol. The van der Waals surface area contributed by atoms with Crippen molar-refractivity contribution in [3.05, 3.63) is 24.0 Å². The van der Waals surface area contributed by atoms with Crippen LogP contribution in [0, 0.1) is 5.92 Å². The van der Waals surface area contributed by atoms with Gasteiger partial charge < -0.3 is 15.3 Å². The van der Waals surface area contributed by atoms with Gasteiger partial charge in [-0.2, -0.15) is 13.2 Å². The molecule has 1 aromatic rings. The zero-order valence-corrected chi connectivity index (χ0v) is 11.3. The number of carbonyl (C=O) groups excluding carboxylic acids is 1. The number of carboxylic acids is 1. The Labute approximate surface area is 118 Å². The lowest BCUT2D eigenvalue weighted by molar-refractivity contribution is -0.142. The summed E-state index contributed by atoms with van der Waals surface area (Å²) in [7, 11) is 1.38. The van der Waals surface area contributed by atoms with E-state index in [-0.39, 0.29) is 12.2 Å². The second kappa shape index (κ2) is 6.42. The zero-order chi connectivity index (χ0) is 16.2. The van der Waals surface area contributed by atoms with Gasteiger partial charge >= 0.3 is 18.2 Å². The molecule has 0 aliphatic heterocycles. The van der Waals surface area contributed by atoms with Crippen LogP contribution in [0.5, 0.6) is 0 Å². The first kappa shape index (κ1) is 16.7. The molecule has 1 atom stereocenters. The Balaban J connectivity index is 2.64. The number of carboxylic acid groups (broad SMARTS) is 1. The summed E-state index contributed by atoms with van der Waals surface area (Å²) < 4.78 is 36.9. The minimum absolute atomic E-state index is 0.0325. The number of aromatic nitrogens is 1. The van der Waals surface area contributed by atoms with E-state index in [0.29, 0.717) is 0 Å². The standard InChI is InChI=1S/C12H14F3N3O3/c1-7(10(19)20)6-18(2)11(21)17-8-3-4-9(16-5-8)12(13,14)15/h3-5,7H,6H2,1-2H3,(H,17,21)(H,19,20). The number of alkyl halides is 3. The lowest BCUT2D eigenvalue weighted by atomic mass is 10.2. The van der Waals surface area contributed by atoms with E-state index >= 15 is 0 Å². The third-order valence-corrected chi connectivity index (χ3v) is 2.62. The molecule has 116 valence electrons. The highest BCUT2D eigenvalue weighted by Gasteiger charge is 2.32. The van der Waals surface area contributed by atoms with Crippen LogP contribution >= 0.6 is 0 Å². The monoisotopic (exact) mass is 305 g/mol. The van der Waals surface area contributed by atoms with Gasteiger partial charge in [0.1, 0.15) is 5.69 Å². The van der Waals surface area contributed by atoms with Gasteiger partial charge in [-0.3, -0.25) is 4.79 Å². The Kier molecular flexibility index (Phi) is 5.12. The van der Waals surface area contributed by atoms with Crippen molar-refractivity contribution in [2.45, 2.75) is 13.1 Å². The third-order valence-electron chi connectivity index (χ3n) is 2.62. The SMILES string of the molecule is CC(CN(C)C(=O)Nc1ccc(C(F)(F)F)nc1)C(=O)O. The Morgan fingerprint density at radius 2 is 2.05 bits per heavy atom. The number of rotatable bonds is 4. The first-order chi connectivity index (χ1) is 9.61. The van der Waals surface area contributed by atoms with Crippen LogP contribution in [-0.2, 0) is 11.0 Å². The third kappa shape index (κ3) is 4.93. The minimum atomic E-state index is -4.55. The second-order valence-electron chi connectivity index (χ2n) is 4.48. The predicted octanol–water partition coefficient (Wildman–Crippen LogP) is 2.28. The average Bonchev–Trinajstić information content (AvgIpc) is 2.37. The highest BCUT2D eigenvalue weighted by molar-refractivity contribution is 5.89. The summed E-state index contributed by atoms with van der Waals surface area (Å²) in [4.78, 5) is 26.7. The molecule has 2 amide bonds. The van der Waals surface area contributed by atoms with Gasteiger partial charge in [-0.25, -0.2) is 9.78 Å². The normalized spacial score (nSPS) is 12.6. The van der Waals surface area contributed by atoms with Crippen LogP contribution in [0.4, 0.5) is 23.7 Å². The summed E-state index contributed by atoms with van der Waals surface area (Å²) in [6, 6.07) is 1.18. The number of aliphatic carboxylic acids is 1. The molecule has 1 heterocycles. The molecule has 1 unspecified atom stereocenters. The van der Waals surface area contributed by atoms with Crippen LogP contribution in [0.1, 0.15) is 12.6 Å². The van der Waals surface area contributed by atoms with Crippen LogP contribution in [0.25, 0.3) is 0 Å². The van der Waals surface area contributed by atoms with Gasteiger partial charge in [-0.15, -0.1) is 0 Å². The molecule has 9 heteroatoms. The number of halogens is 3. The molecule has 0 spiro atoms. The van der Waals surface area contributed by atoms with Gasteiger partial charge in [0.25, 0.3) is 0 Å². The van der Waals surface area contributed by atoms with Crippen LogP contribution in [-0.4, -0.2) is 40.6 Å². The van der Waals surface area contributed by atoms with Gasteiger partial charge in [0.2, 0.25) is 0 Å². The second-order valence-corrected chi connectivity index (χ2v) is 4.48. The number of nitrogens with zero attached hydrogens (tertiary/aromatic N) is 2. The van der Waals surface area contributed by atoms with Crippen molar-refractivity contribution >= 4 is 17.7 Å². The molecule has 0 aromatic carbocycles. The number of nitrogens with one attached hydrogen (secondary N) is 1. The summed E-state index contributed by atoms with van der Waals surface area (Å²) in [5, 5.41) is 11.1. The smallest absolute Gasteiger partial charge is 0.433 e. The summed E-state index contributed by atoms with van der Waals surface area (Å²) in [5.74, 6) is -1.81. The van der Waals surface area contributed by atoms with E-state index < -0.39 is 29.8 Å². The number of hydrogen-bond donors (Lipinski definition) is 2. The van der Waals surface area contributed by atoms with Crippen molar-refractivity contribution in [2.24, 2.45) is 5.92 Å². The van der Waals surface area contributed by atoms with Crippen molar-refractivity contribution in [2.75, 3.05) is 18.9 Å². The number of amides is 2. The molecule has 0 aliphatic rings. The van der Waals surface area contributed by atoms with Gasteiger partial charge in [0.05, 0.1) is 17.8 Å². The topological polar surface area (TPSA) is 82.5 Å². The van der Waals surface area contributed by atoms with E-state index in [1.165, 1.54) is 14.0 Å². The summed E-state index contributed by atoms with van der Waals surface area (Å²) in [5.41, 5.74) is -0.976. The first-order valence-electron chi connectivity index (χ1n) is 5.89. The minimum Gasteiger partial charge on any atom is -0.481 e. The lowest BCUT2D eigenvalue weighted by Gasteiger charge is -2.20. The maximum absolute atomic E-state index is 12.3. The number of hydrogen-bond acceptors (Lipinski definition) is 3. The van der Waals surface area contributed by atoms with Crippen LogP contribution in [0.2, 0.25) is 0 Å². The van der Waals surface area contributed by atoms with Crippen LogP contribution < -0.4 is 5.32 Å². The summed E-state index contributed by atoms with van der Waals surface area (Å²) in [6.07, 6.45) is -3.66. The highest BCUT2D eigenvalue weighted by Crippen LogP contribution is 2.27. The fourth-order valence-electron chi connectivity index (χ4n) is 1.43. The molecule has 0 saturated heterocycles. The number of urea groups is 1. The maximum atomic E-state index is 12.3. The summed E-state index contributed by atoms with van der Waals surface area (Å²) in [6.45, 7) is 1.40. The quantitative estimate of drug-likeness (QED) is 0.894. The molecule has 1 aromatic heterocycles. The van der Waals surface area contributed by atoms with E-state index in [1.807, 2.05) is 0 Å². The van der Waals surface area contributed by atoms with E-state index in [9.17, 15) is 22.8 Å². The van der Waals surface area contributed by atoms with Crippen LogP contribution in [0.3, 0.4) is 0 Å². The van der Waals surface area contributed by atoms with Crippen LogP contribution in [0.15, 0.2) is 18.3 Å². The van der Waals surface area contributed by atoms with E-state index in [4.69, 9.17) is 5.11 Å². The molecule has 0 aliphatic carbocycles. The van der Waals surface area contributed by atoms with E-state index in [1.54, 1.807) is 0 Å². The van der Waals surface area contributed by atoms with Crippen molar-refractivity contribution in [1.29, 1.82) is 0 Å². The maximum Gasteiger partial charge on any atom is 0.433 e. The van der Waals surface area contributed by atoms with Gasteiger partial charge in [0.15, 0.2) is 0 Å². The summed E-state index contributed by atoms with van der Waals surface area (Å²) >= 11 is 0. The van der Waals surface area contributed by atoms with Crippen molar-refractivity contribution < 1.29 is 27.9 Å².